The van der Waals surface area contributed by atoms with Gasteiger partial charge in [0.15, 0.2) is 11.5 Å². The van der Waals surface area contributed by atoms with E-state index in [2.05, 4.69) is 9.97 Å². The molecule has 6 nitrogen and oxygen atoms in total. The summed E-state index contributed by atoms with van der Waals surface area (Å²) >= 11 is 0. The van der Waals surface area contributed by atoms with Crippen molar-refractivity contribution in [2.75, 3.05) is 24.5 Å². The molecule has 1 amide bonds. The van der Waals surface area contributed by atoms with Gasteiger partial charge in [-0.2, -0.15) is 18.4 Å². The summed E-state index contributed by atoms with van der Waals surface area (Å²) < 4.78 is 36.4. The molecule has 1 atom stereocenters. The predicted molar refractivity (Wildman–Crippen MR) is 70.7 cm³/mol. The molecule has 118 valence electrons. The number of alkyl halides is 3. The zero-order valence-corrected chi connectivity index (χ0v) is 11.6. The Labute approximate surface area is 125 Å². The first-order chi connectivity index (χ1) is 10.4. The van der Waals surface area contributed by atoms with E-state index in [9.17, 15) is 18.0 Å². The molecule has 9 heteroatoms. The molecule has 0 aliphatic carbocycles. The number of piperidine rings is 1. The fourth-order valence-corrected chi connectivity index (χ4v) is 2.36. The van der Waals surface area contributed by atoms with Crippen molar-refractivity contribution in [3.63, 3.8) is 0 Å². The van der Waals surface area contributed by atoms with E-state index in [1.165, 1.54) is 12.4 Å². The fraction of sp³-hybridized carbons (Fsp3) is 0.538. The highest BCUT2D eigenvalue weighted by Gasteiger charge is 2.32. The first kappa shape index (κ1) is 16.0. The highest BCUT2D eigenvalue weighted by Crippen LogP contribution is 2.23. The molecule has 1 unspecified atom stereocenters. The summed E-state index contributed by atoms with van der Waals surface area (Å²) in [7, 11) is 0. The number of nitriles is 1. The lowest BCUT2D eigenvalue weighted by atomic mass is 9.97. The van der Waals surface area contributed by atoms with Crippen LogP contribution < -0.4 is 10.2 Å². The normalized spacial score (nSPS) is 18.6. The third-order valence-corrected chi connectivity index (χ3v) is 3.34. The molecule has 1 aromatic rings. The van der Waals surface area contributed by atoms with Gasteiger partial charge in [0.1, 0.15) is 12.6 Å². The molecule has 1 saturated heterocycles. The Balaban J connectivity index is 2.03. The van der Waals surface area contributed by atoms with E-state index in [4.69, 9.17) is 5.26 Å². The summed E-state index contributed by atoms with van der Waals surface area (Å²) in [6.07, 6.45) is -0.472. The molecule has 2 rings (SSSR count). The van der Waals surface area contributed by atoms with Crippen molar-refractivity contribution in [2.24, 2.45) is 5.92 Å². The maximum Gasteiger partial charge on any atom is 0.405 e. The zero-order chi connectivity index (χ0) is 16.2. The van der Waals surface area contributed by atoms with Crippen LogP contribution >= 0.6 is 0 Å². The van der Waals surface area contributed by atoms with E-state index < -0.39 is 24.5 Å². The molecule has 1 aromatic heterocycles. The van der Waals surface area contributed by atoms with Gasteiger partial charge in [-0.05, 0) is 12.8 Å². The average Bonchev–Trinajstić information content (AvgIpc) is 2.52. The number of hydrogen-bond donors (Lipinski definition) is 1. The maximum atomic E-state index is 12.1. The Morgan fingerprint density at radius 3 is 2.86 bits per heavy atom. The number of rotatable bonds is 3. The Morgan fingerprint density at radius 1 is 1.45 bits per heavy atom. The zero-order valence-electron chi connectivity index (χ0n) is 11.6. The molecule has 2 heterocycles. The highest BCUT2D eigenvalue weighted by molar-refractivity contribution is 5.79. The minimum atomic E-state index is -4.43. The largest absolute Gasteiger partial charge is 0.405 e. The van der Waals surface area contributed by atoms with Gasteiger partial charge in [0.2, 0.25) is 5.91 Å². The summed E-state index contributed by atoms with van der Waals surface area (Å²) in [6.45, 7) is -0.537. The molecular weight excluding hydrogens is 299 g/mol. The lowest BCUT2D eigenvalue weighted by molar-refractivity contribution is -0.140. The molecule has 0 aromatic carbocycles. The number of hydrogen-bond acceptors (Lipinski definition) is 5. The van der Waals surface area contributed by atoms with Gasteiger partial charge in [-0.25, -0.2) is 9.97 Å². The van der Waals surface area contributed by atoms with E-state index >= 15 is 0 Å². The number of carbonyl (C=O) groups is 1. The van der Waals surface area contributed by atoms with Gasteiger partial charge < -0.3 is 10.2 Å². The summed E-state index contributed by atoms with van der Waals surface area (Å²) in [5, 5.41) is 10.9. The smallest absolute Gasteiger partial charge is 0.353 e. The Hall–Kier alpha value is -2.37. The Morgan fingerprint density at radius 2 is 2.18 bits per heavy atom. The van der Waals surface area contributed by atoms with Gasteiger partial charge in [0.25, 0.3) is 0 Å². The predicted octanol–water partition coefficient (Wildman–Crippen LogP) is 1.24. The van der Waals surface area contributed by atoms with Crippen LogP contribution in [0.25, 0.3) is 0 Å². The van der Waals surface area contributed by atoms with Gasteiger partial charge in [-0.1, -0.05) is 0 Å². The summed E-state index contributed by atoms with van der Waals surface area (Å²) in [4.78, 5) is 21.5. The van der Waals surface area contributed by atoms with Crippen LogP contribution in [0.4, 0.5) is 19.0 Å². The second-order valence-corrected chi connectivity index (χ2v) is 4.96. The standard InChI is InChI=1S/C13H14F3N5O/c14-13(15,16)8-20-12(22)9-2-1-5-21(7-9)11-10(6-17)18-3-4-19-11/h3-4,9H,1-2,5,7-8H2,(H,20,22). The van der Waals surface area contributed by atoms with E-state index in [0.29, 0.717) is 25.2 Å². The molecule has 1 aliphatic heterocycles. The fourth-order valence-electron chi connectivity index (χ4n) is 2.36. The molecule has 0 bridgehead atoms. The van der Waals surface area contributed by atoms with Crippen LogP contribution in [0.5, 0.6) is 0 Å². The number of nitrogens with zero attached hydrogens (tertiary/aromatic N) is 4. The van der Waals surface area contributed by atoms with Crippen LogP contribution in [-0.2, 0) is 4.79 Å². The van der Waals surface area contributed by atoms with Crippen molar-refractivity contribution in [3.05, 3.63) is 18.1 Å². The van der Waals surface area contributed by atoms with Gasteiger partial charge in [-0.3, -0.25) is 4.79 Å². The number of carbonyl (C=O) groups excluding carboxylic acids is 1. The van der Waals surface area contributed by atoms with Crippen LogP contribution in [0.2, 0.25) is 0 Å². The molecular formula is C13H14F3N5O. The van der Waals surface area contributed by atoms with Gasteiger partial charge >= 0.3 is 6.18 Å². The van der Waals surface area contributed by atoms with Gasteiger partial charge in [-0.15, -0.1) is 0 Å². The summed E-state index contributed by atoms with van der Waals surface area (Å²) in [6, 6.07) is 1.92. The minimum absolute atomic E-state index is 0.138. The van der Waals surface area contributed by atoms with Crippen LogP contribution in [0, 0.1) is 17.2 Å². The van der Waals surface area contributed by atoms with Crippen LogP contribution in [-0.4, -0.2) is 41.7 Å². The first-order valence-corrected chi connectivity index (χ1v) is 6.71. The lowest BCUT2D eigenvalue weighted by Gasteiger charge is -2.33. The molecule has 22 heavy (non-hydrogen) atoms. The first-order valence-electron chi connectivity index (χ1n) is 6.71. The molecule has 1 fully saturated rings. The van der Waals surface area contributed by atoms with Gasteiger partial charge in [0.05, 0.1) is 5.92 Å². The third-order valence-electron chi connectivity index (χ3n) is 3.34. The number of halogens is 3. The van der Waals surface area contributed by atoms with Crippen molar-refractivity contribution in [3.8, 4) is 6.07 Å². The second-order valence-electron chi connectivity index (χ2n) is 4.96. The van der Waals surface area contributed by atoms with Crippen LogP contribution in [0.15, 0.2) is 12.4 Å². The molecule has 0 saturated carbocycles. The summed E-state index contributed by atoms with van der Waals surface area (Å²) in [5.74, 6) is -0.840. The van der Waals surface area contributed by atoms with Gasteiger partial charge in [0, 0.05) is 25.5 Å². The van der Waals surface area contributed by atoms with E-state index in [1.54, 1.807) is 4.90 Å². The topological polar surface area (TPSA) is 81.9 Å². The molecule has 1 N–H and O–H groups in total. The quantitative estimate of drug-likeness (QED) is 0.908. The monoisotopic (exact) mass is 313 g/mol. The van der Waals surface area contributed by atoms with E-state index in [1.807, 2.05) is 11.4 Å². The molecule has 0 spiro atoms. The average molecular weight is 313 g/mol. The van der Waals surface area contributed by atoms with Crippen molar-refractivity contribution < 1.29 is 18.0 Å². The number of aromatic nitrogens is 2. The SMILES string of the molecule is N#Cc1nccnc1N1CCCC(C(=O)NCC(F)(F)F)C1. The third kappa shape index (κ3) is 4.07. The van der Waals surface area contributed by atoms with Crippen LogP contribution in [0.1, 0.15) is 18.5 Å². The number of amides is 1. The molecule has 1 aliphatic rings. The Bertz CT molecular complexity index is 584. The highest BCUT2D eigenvalue weighted by atomic mass is 19.4. The van der Waals surface area contributed by atoms with E-state index in [0.717, 1.165) is 0 Å². The van der Waals surface area contributed by atoms with Crippen LogP contribution in [0.3, 0.4) is 0 Å². The lowest BCUT2D eigenvalue weighted by Crippen LogP contribution is -2.45. The summed E-state index contributed by atoms with van der Waals surface area (Å²) in [5.41, 5.74) is 0.138. The van der Waals surface area contributed by atoms with Crippen molar-refractivity contribution >= 4 is 11.7 Å². The van der Waals surface area contributed by atoms with Crippen molar-refractivity contribution in [1.82, 2.24) is 15.3 Å². The number of nitrogens with one attached hydrogen (secondary N) is 1. The van der Waals surface area contributed by atoms with Crippen molar-refractivity contribution in [2.45, 2.75) is 19.0 Å². The number of anilines is 1. The maximum absolute atomic E-state index is 12.1. The second kappa shape index (κ2) is 6.60. The Kier molecular flexibility index (Phi) is 4.80. The van der Waals surface area contributed by atoms with Crippen molar-refractivity contribution in [1.29, 1.82) is 5.26 Å². The molecule has 0 radical (unpaired) electrons. The van der Waals surface area contributed by atoms with E-state index in [-0.39, 0.29) is 12.2 Å². The minimum Gasteiger partial charge on any atom is -0.353 e.